The lowest BCUT2D eigenvalue weighted by molar-refractivity contribution is 0.286. The van der Waals surface area contributed by atoms with Gasteiger partial charge in [0, 0.05) is 11.3 Å². The second kappa shape index (κ2) is 5.84. The molecule has 0 spiro atoms. The van der Waals surface area contributed by atoms with Crippen molar-refractivity contribution in [2.45, 2.75) is 45.1 Å². The van der Waals surface area contributed by atoms with E-state index < -0.39 is 0 Å². The third-order valence-electron chi connectivity index (χ3n) is 4.79. The van der Waals surface area contributed by atoms with E-state index in [4.69, 9.17) is 16.6 Å². The Hall–Kier alpha value is -1.28. The quantitative estimate of drug-likeness (QED) is 0.794. The molecule has 1 aromatic carbocycles. The molecule has 1 aliphatic rings. The average Bonchev–Trinajstić information content (AvgIpc) is 2.50. The van der Waals surface area contributed by atoms with Crippen LogP contribution in [0, 0.1) is 12.8 Å². The van der Waals surface area contributed by atoms with E-state index >= 15 is 0 Å². The van der Waals surface area contributed by atoms with Gasteiger partial charge in [0.05, 0.1) is 11.1 Å². The number of fused-ring (bicyclic) bond motifs is 1. The van der Waals surface area contributed by atoms with Crippen LogP contribution in [0.5, 0.6) is 0 Å². The van der Waals surface area contributed by atoms with Crippen LogP contribution < -0.4 is 5.32 Å². The molecule has 1 heterocycles. The summed E-state index contributed by atoms with van der Waals surface area (Å²) in [5, 5.41) is 4.87. The molecule has 0 unspecified atom stereocenters. The number of pyridine rings is 1. The minimum atomic E-state index is 0.00822. The van der Waals surface area contributed by atoms with Crippen LogP contribution in [0.3, 0.4) is 0 Å². The number of alkyl halides is 1. The summed E-state index contributed by atoms with van der Waals surface area (Å²) in [5.74, 6) is 2.45. The van der Waals surface area contributed by atoms with Crippen LogP contribution in [-0.2, 0) is 0 Å². The number of halogens is 1. The Morgan fingerprint density at radius 3 is 2.71 bits per heavy atom. The van der Waals surface area contributed by atoms with E-state index in [2.05, 4.69) is 43.4 Å². The summed E-state index contributed by atoms with van der Waals surface area (Å²) < 4.78 is 0. The molecule has 3 rings (SSSR count). The maximum Gasteiger partial charge on any atom is 0.130 e. The highest BCUT2D eigenvalue weighted by atomic mass is 35.5. The number of hydrogen-bond donors (Lipinski definition) is 1. The molecule has 2 aromatic rings. The van der Waals surface area contributed by atoms with E-state index in [-0.39, 0.29) is 5.54 Å². The summed E-state index contributed by atoms with van der Waals surface area (Å²) >= 11 is 6.32. The average molecular weight is 303 g/mol. The van der Waals surface area contributed by atoms with Gasteiger partial charge in [0.25, 0.3) is 0 Å². The first-order valence-electron chi connectivity index (χ1n) is 7.82. The molecule has 21 heavy (non-hydrogen) atoms. The first-order valence-corrected chi connectivity index (χ1v) is 8.36. The smallest absolute Gasteiger partial charge is 0.130 e. The number of aryl methyl sites for hydroxylation is 1. The number of para-hydroxylation sites is 1. The molecule has 0 radical (unpaired) electrons. The highest BCUT2D eigenvalue weighted by molar-refractivity contribution is 6.18. The number of rotatable bonds is 3. The van der Waals surface area contributed by atoms with Crippen LogP contribution in [0.25, 0.3) is 10.9 Å². The van der Waals surface area contributed by atoms with Crippen molar-refractivity contribution in [3.05, 3.63) is 35.9 Å². The highest BCUT2D eigenvalue weighted by Crippen LogP contribution is 2.36. The van der Waals surface area contributed by atoms with Gasteiger partial charge in [0.2, 0.25) is 0 Å². The van der Waals surface area contributed by atoms with Gasteiger partial charge in [0.1, 0.15) is 5.82 Å². The Bertz CT molecular complexity index is 630. The van der Waals surface area contributed by atoms with Crippen molar-refractivity contribution in [3.8, 4) is 0 Å². The van der Waals surface area contributed by atoms with E-state index in [1.165, 1.54) is 23.8 Å². The van der Waals surface area contributed by atoms with Crippen molar-refractivity contribution >= 4 is 28.3 Å². The van der Waals surface area contributed by atoms with E-state index in [0.29, 0.717) is 5.88 Å². The van der Waals surface area contributed by atoms with Crippen molar-refractivity contribution in [1.29, 1.82) is 0 Å². The van der Waals surface area contributed by atoms with Gasteiger partial charge in [-0.1, -0.05) is 25.1 Å². The van der Waals surface area contributed by atoms with Gasteiger partial charge >= 0.3 is 0 Å². The van der Waals surface area contributed by atoms with Crippen molar-refractivity contribution in [3.63, 3.8) is 0 Å². The normalized spacial score (nSPS) is 26.0. The summed E-state index contributed by atoms with van der Waals surface area (Å²) in [4.78, 5) is 4.81. The van der Waals surface area contributed by atoms with Crippen LogP contribution >= 0.6 is 11.6 Å². The van der Waals surface area contributed by atoms with Gasteiger partial charge in [-0.3, -0.25) is 0 Å². The van der Waals surface area contributed by atoms with Crippen LogP contribution in [-0.4, -0.2) is 16.4 Å². The topological polar surface area (TPSA) is 24.9 Å². The molecule has 1 N–H and O–H groups in total. The Morgan fingerprint density at radius 1 is 1.29 bits per heavy atom. The SMILES string of the molecule is Cc1cc2ccccc2nc1NC1(CCl)CCC(C)CC1. The van der Waals surface area contributed by atoms with E-state index in [1.54, 1.807) is 0 Å². The zero-order valence-corrected chi connectivity index (χ0v) is 13.6. The van der Waals surface area contributed by atoms with Crippen LogP contribution in [0.2, 0.25) is 0 Å². The maximum atomic E-state index is 6.32. The van der Waals surface area contributed by atoms with E-state index in [1.807, 2.05) is 6.07 Å². The number of anilines is 1. The lowest BCUT2D eigenvalue weighted by Gasteiger charge is -2.39. The van der Waals surface area contributed by atoms with Crippen molar-refractivity contribution in [1.82, 2.24) is 4.98 Å². The zero-order chi connectivity index (χ0) is 14.9. The summed E-state index contributed by atoms with van der Waals surface area (Å²) in [6, 6.07) is 10.5. The standard InChI is InChI=1S/C18H23ClN2/c1-13-7-9-18(12-19,10-8-13)21-17-14(2)11-15-5-3-4-6-16(15)20-17/h3-6,11,13H,7-10,12H2,1-2H3,(H,20,21). The zero-order valence-electron chi connectivity index (χ0n) is 12.8. The Morgan fingerprint density at radius 2 is 2.00 bits per heavy atom. The predicted octanol–water partition coefficient (Wildman–Crippen LogP) is 5.14. The van der Waals surface area contributed by atoms with Gasteiger partial charge in [-0.25, -0.2) is 4.98 Å². The number of hydrogen-bond acceptors (Lipinski definition) is 2. The largest absolute Gasteiger partial charge is 0.363 e. The third-order valence-corrected chi connectivity index (χ3v) is 5.30. The molecule has 1 aliphatic carbocycles. The maximum absolute atomic E-state index is 6.32. The molecule has 2 nitrogen and oxygen atoms in total. The monoisotopic (exact) mass is 302 g/mol. The number of nitrogens with zero attached hydrogens (tertiary/aromatic N) is 1. The van der Waals surface area contributed by atoms with Gasteiger partial charge < -0.3 is 5.32 Å². The predicted molar refractivity (Wildman–Crippen MR) is 91.2 cm³/mol. The van der Waals surface area contributed by atoms with Gasteiger partial charge in [-0.2, -0.15) is 0 Å². The number of aromatic nitrogens is 1. The summed E-state index contributed by atoms with van der Waals surface area (Å²) in [5.41, 5.74) is 2.24. The Balaban J connectivity index is 1.91. The molecule has 1 saturated carbocycles. The van der Waals surface area contributed by atoms with Gasteiger partial charge in [-0.15, -0.1) is 11.6 Å². The number of benzene rings is 1. The minimum Gasteiger partial charge on any atom is -0.363 e. The Labute approximate surface area is 131 Å². The molecular formula is C18H23ClN2. The molecule has 0 aliphatic heterocycles. The second-order valence-electron chi connectivity index (χ2n) is 6.57. The summed E-state index contributed by atoms with van der Waals surface area (Å²) in [6.07, 6.45) is 4.75. The number of nitrogens with one attached hydrogen (secondary N) is 1. The minimum absolute atomic E-state index is 0.00822. The molecule has 112 valence electrons. The molecule has 3 heteroatoms. The fourth-order valence-electron chi connectivity index (χ4n) is 3.21. The first kappa shape index (κ1) is 14.6. The van der Waals surface area contributed by atoms with Gasteiger partial charge in [0.15, 0.2) is 0 Å². The summed E-state index contributed by atoms with van der Waals surface area (Å²) in [7, 11) is 0. The third kappa shape index (κ3) is 3.01. The molecule has 0 bridgehead atoms. The first-order chi connectivity index (χ1) is 10.1. The van der Waals surface area contributed by atoms with E-state index in [9.17, 15) is 0 Å². The molecule has 0 saturated heterocycles. The van der Waals surface area contributed by atoms with Crippen LogP contribution in [0.1, 0.15) is 38.2 Å². The van der Waals surface area contributed by atoms with Crippen LogP contribution in [0.4, 0.5) is 5.82 Å². The fraction of sp³-hybridized carbons (Fsp3) is 0.500. The second-order valence-corrected chi connectivity index (χ2v) is 6.84. The van der Waals surface area contributed by atoms with E-state index in [0.717, 1.165) is 30.1 Å². The molecular weight excluding hydrogens is 280 g/mol. The lowest BCUT2D eigenvalue weighted by Crippen LogP contribution is -2.44. The van der Waals surface area contributed by atoms with Crippen molar-refractivity contribution in [2.24, 2.45) is 5.92 Å². The molecule has 1 aromatic heterocycles. The molecule has 0 atom stereocenters. The van der Waals surface area contributed by atoms with Crippen molar-refractivity contribution < 1.29 is 0 Å². The fourth-order valence-corrected chi connectivity index (χ4v) is 3.54. The Kier molecular flexibility index (Phi) is 4.08. The van der Waals surface area contributed by atoms with Crippen LogP contribution in [0.15, 0.2) is 30.3 Å². The molecule has 1 fully saturated rings. The summed E-state index contributed by atoms with van der Waals surface area (Å²) in [6.45, 7) is 4.45. The van der Waals surface area contributed by atoms with Gasteiger partial charge in [-0.05, 0) is 56.2 Å². The lowest BCUT2D eigenvalue weighted by atomic mass is 9.78. The molecule has 0 amide bonds. The highest BCUT2D eigenvalue weighted by Gasteiger charge is 2.34. The van der Waals surface area contributed by atoms with Crippen molar-refractivity contribution in [2.75, 3.05) is 11.2 Å².